The fourth-order valence-electron chi connectivity index (χ4n) is 1.30. The zero-order valence-corrected chi connectivity index (χ0v) is 8.57. The molecule has 1 rings (SSSR count). The molecular weight excluding hydrogens is 136 g/mol. The van der Waals surface area contributed by atoms with Crippen molar-refractivity contribution >= 4 is 23.1 Å². The van der Waals surface area contributed by atoms with Gasteiger partial charge in [0.25, 0.3) is 0 Å². The number of hydrogen-bond donors (Lipinski definition) is 0. The molecule has 0 bridgehead atoms. The fraction of sp³-hybridized carbons (Fsp3) is 0.875. The van der Waals surface area contributed by atoms with Gasteiger partial charge in [0.15, 0.2) is 0 Å². The SMILES string of the molecule is CC1([O-])CCCCC1.[CH3-].[Mg+2]. The van der Waals surface area contributed by atoms with Crippen LogP contribution in [0.5, 0.6) is 0 Å². The van der Waals surface area contributed by atoms with Crippen molar-refractivity contribution in [2.24, 2.45) is 0 Å². The summed E-state index contributed by atoms with van der Waals surface area (Å²) in [5.74, 6) is 0. The molecule has 0 amide bonds. The van der Waals surface area contributed by atoms with Crippen LogP contribution >= 0.6 is 0 Å². The molecule has 0 N–H and O–H groups in total. The van der Waals surface area contributed by atoms with E-state index in [9.17, 15) is 5.11 Å². The summed E-state index contributed by atoms with van der Waals surface area (Å²) in [7, 11) is 0. The molecule has 0 heterocycles. The Kier molecular flexibility index (Phi) is 7.18. The van der Waals surface area contributed by atoms with Crippen LogP contribution in [0.15, 0.2) is 0 Å². The Morgan fingerprint density at radius 2 is 1.50 bits per heavy atom. The second-order valence-electron chi connectivity index (χ2n) is 3.01. The molecule has 0 radical (unpaired) electrons. The van der Waals surface area contributed by atoms with Crippen LogP contribution in [0, 0.1) is 7.43 Å². The third-order valence-corrected chi connectivity index (χ3v) is 1.91. The Hall–Kier alpha value is 0.726. The Bertz CT molecular complexity index is 73.3. The molecule has 1 aliphatic carbocycles. The van der Waals surface area contributed by atoms with Crippen LogP contribution in [0.4, 0.5) is 0 Å². The van der Waals surface area contributed by atoms with E-state index in [1.807, 2.05) is 6.92 Å². The Morgan fingerprint density at radius 1 is 1.10 bits per heavy atom. The van der Waals surface area contributed by atoms with Crippen molar-refractivity contribution in [3.05, 3.63) is 7.43 Å². The normalized spacial score (nSPS) is 22.2. The van der Waals surface area contributed by atoms with E-state index < -0.39 is 5.60 Å². The van der Waals surface area contributed by atoms with Gasteiger partial charge in [-0.25, -0.2) is 0 Å². The first kappa shape index (κ1) is 13.3. The molecule has 0 aromatic rings. The van der Waals surface area contributed by atoms with E-state index in [1.165, 1.54) is 6.42 Å². The molecular formula is C8H16MgO. The van der Waals surface area contributed by atoms with Gasteiger partial charge in [0, 0.05) is 0 Å². The van der Waals surface area contributed by atoms with Crippen LogP contribution in [-0.4, -0.2) is 28.7 Å². The molecule has 1 nitrogen and oxygen atoms in total. The topological polar surface area (TPSA) is 23.1 Å². The van der Waals surface area contributed by atoms with Gasteiger partial charge < -0.3 is 12.5 Å². The van der Waals surface area contributed by atoms with E-state index in [0.717, 1.165) is 25.7 Å². The average molecular weight is 153 g/mol. The summed E-state index contributed by atoms with van der Waals surface area (Å²) in [5.41, 5.74) is -0.571. The maximum absolute atomic E-state index is 11.1. The molecule has 1 fully saturated rings. The molecule has 0 spiro atoms. The van der Waals surface area contributed by atoms with Crippen LogP contribution in [0.3, 0.4) is 0 Å². The van der Waals surface area contributed by atoms with Crippen molar-refractivity contribution in [1.82, 2.24) is 0 Å². The Labute approximate surface area is 80.4 Å². The maximum Gasteiger partial charge on any atom is 2.00 e. The summed E-state index contributed by atoms with van der Waals surface area (Å²) >= 11 is 0. The minimum absolute atomic E-state index is 0. The largest absolute Gasteiger partial charge is 2.00 e. The molecule has 1 saturated carbocycles. The van der Waals surface area contributed by atoms with E-state index >= 15 is 0 Å². The van der Waals surface area contributed by atoms with Crippen molar-refractivity contribution in [2.75, 3.05) is 0 Å². The summed E-state index contributed by atoms with van der Waals surface area (Å²) in [6.45, 7) is 1.83. The predicted octanol–water partition coefficient (Wildman–Crippen LogP) is 1.14. The molecule has 0 atom stereocenters. The maximum atomic E-state index is 11.1. The van der Waals surface area contributed by atoms with Crippen molar-refractivity contribution < 1.29 is 5.11 Å². The van der Waals surface area contributed by atoms with E-state index in [1.54, 1.807) is 0 Å². The standard InChI is InChI=1S/C7H13O.CH3.Mg/c1-7(8)5-3-2-4-6-7;;/h2-6H2,1H3;1H3;/q2*-1;+2. The van der Waals surface area contributed by atoms with Gasteiger partial charge in [0.05, 0.1) is 0 Å². The van der Waals surface area contributed by atoms with Crippen LogP contribution in [-0.2, 0) is 0 Å². The van der Waals surface area contributed by atoms with Gasteiger partial charge in [-0.1, -0.05) is 39.0 Å². The Balaban J connectivity index is 0. The molecule has 0 aliphatic heterocycles. The first-order valence-corrected chi connectivity index (χ1v) is 3.41. The van der Waals surface area contributed by atoms with Crippen molar-refractivity contribution in [3.63, 3.8) is 0 Å². The molecule has 10 heavy (non-hydrogen) atoms. The molecule has 0 unspecified atom stereocenters. The zero-order chi connectivity index (χ0) is 6.04. The van der Waals surface area contributed by atoms with Gasteiger partial charge in [-0.05, 0) is 0 Å². The van der Waals surface area contributed by atoms with Crippen LogP contribution < -0.4 is 5.11 Å². The van der Waals surface area contributed by atoms with Gasteiger partial charge >= 0.3 is 23.1 Å². The van der Waals surface area contributed by atoms with Gasteiger partial charge in [-0.2, -0.15) is 0 Å². The second-order valence-corrected chi connectivity index (χ2v) is 3.01. The molecule has 0 saturated heterocycles. The van der Waals surface area contributed by atoms with E-state index in [0.29, 0.717) is 0 Å². The fourth-order valence-corrected chi connectivity index (χ4v) is 1.30. The van der Waals surface area contributed by atoms with E-state index in [4.69, 9.17) is 0 Å². The molecule has 56 valence electrons. The number of hydrogen-bond acceptors (Lipinski definition) is 1. The summed E-state index contributed by atoms with van der Waals surface area (Å²) < 4.78 is 0. The van der Waals surface area contributed by atoms with Crippen LogP contribution in [0.25, 0.3) is 0 Å². The van der Waals surface area contributed by atoms with E-state index in [-0.39, 0.29) is 30.5 Å². The predicted molar refractivity (Wildman–Crippen MR) is 43.7 cm³/mol. The Morgan fingerprint density at radius 3 is 1.70 bits per heavy atom. The van der Waals surface area contributed by atoms with Gasteiger partial charge in [0.1, 0.15) is 0 Å². The van der Waals surface area contributed by atoms with E-state index in [2.05, 4.69) is 0 Å². The summed E-state index contributed by atoms with van der Waals surface area (Å²) in [4.78, 5) is 0. The molecule has 1 aliphatic rings. The quantitative estimate of drug-likeness (QED) is 0.377. The monoisotopic (exact) mass is 152 g/mol. The third kappa shape index (κ3) is 4.53. The van der Waals surface area contributed by atoms with Gasteiger partial charge in [-0.15, -0.1) is 5.60 Å². The summed E-state index contributed by atoms with van der Waals surface area (Å²) in [5, 5.41) is 11.1. The van der Waals surface area contributed by atoms with Crippen molar-refractivity contribution in [3.8, 4) is 0 Å². The smallest absolute Gasteiger partial charge is 0.850 e. The summed E-state index contributed by atoms with van der Waals surface area (Å²) in [6.07, 6.45) is 5.37. The van der Waals surface area contributed by atoms with Crippen molar-refractivity contribution in [1.29, 1.82) is 0 Å². The first-order valence-electron chi connectivity index (χ1n) is 3.41. The number of rotatable bonds is 0. The van der Waals surface area contributed by atoms with Gasteiger partial charge in [-0.3, -0.25) is 0 Å². The average Bonchev–Trinajstić information content (AvgIpc) is 1.65. The minimum atomic E-state index is -0.571. The molecule has 2 heteroatoms. The summed E-state index contributed by atoms with van der Waals surface area (Å²) in [6, 6.07) is 0. The van der Waals surface area contributed by atoms with Crippen LogP contribution in [0.1, 0.15) is 39.0 Å². The first-order chi connectivity index (χ1) is 3.71. The zero-order valence-electron chi connectivity index (χ0n) is 7.15. The molecule has 0 aromatic heterocycles. The van der Waals surface area contributed by atoms with Crippen LogP contribution in [0.2, 0.25) is 0 Å². The molecule has 0 aromatic carbocycles. The third-order valence-electron chi connectivity index (χ3n) is 1.91. The second kappa shape index (κ2) is 5.39. The van der Waals surface area contributed by atoms with Crippen molar-refractivity contribution in [2.45, 2.75) is 44.6 Å². The van der Waals surface area contributed by atoms with Gasteiger partial charge in [0.2, 0.25) is 0 Å². The minimum Gasteiger partial charge on any atom is -0.850 e.